The van der Waals surface area contributed by atoms with Gasteiger partial charge in [-0.15, -0.1) is 0 Å². The number of benzene rings is 2. The number of piperidine rings is 1. The maximum atomic E-state index is 6.14. The number of nitrogens with zero attached hydrogens (tertiary/aromatic N) is 1. The molecule has 1 fully saturated rings. The maximum absolute atomic E-state index is 6.14. The second kappa shape index (κ2) is 12.2. The summed E-state index contributed by atoms with van der Waals surface area (Å²) in [5.74, 6) is 1.78. The third-order valence-corrected chi connectivity index (χ3v) is 6.31. The van der Waals surface area contributed by atoms with Crippen LogP contribution in [0.2, 0.25) is 0 Å². The van der Waals surface area contributed by atoms with Crippen molar-refractivity contribution in [3.05, 3.63) is 66.2 Å². The number of anilines is 1. The molecule has 2 aromatic rings. The molecule has 0 amide bonds. The first-order chi connectivity index (χ1) is 14.6. The summed E-state index contributed by atoms with van der Waals surface area (Å²) >= 11 is 3.57. The van der Waals surface area contributed by atoms with E-state index in [1.807, 2.05) is 12.1 Å². The van der Waals surface area contributed by atoms with Gasteiger partial charge in [0.2, 0.25) is 0 Å². The van der Waals surface area contributed by atoms with Crippen molar-refractivity contribution in [3.63, 3.8) is 0 Å². The highest BCUT2D eigenvalue weighted by atomic mass is 79.9. The summed E-state index contributed by atoms with van der Waals surface area (Å²) in [6.07, 6.45) is 7.81. The number of halogens is 1. The second-order valence-corrected chi connectivity index (χ2v) is 9.29. The summed E-state index contributed by atoms with van der Waals surface area (Å²) in [6.45, 7) is 10.1. The number of aryl methyl sites for hydroxylation is 1. The molecule has 3 rings (SSSR count). The summed E-state index contributed by atoms with van der Waals surface area (Å²) in [4.78, 5) is 2.34. The summed E-state index contributed by atoms with van der Waals surface area (Å²) in [7, 11) is 0. The molecule has 1 heterocycles. The standard InChI is InChI=1S/C26H35BrN2O/c1-21-13-15-24(16-14-21)30-20-29(26-12-6-5-11-25(26)22(2)27)18-7-3-4-9-23-10-8-17-28-19-23/h5-6,11-16,23,28H,2-4,7-10,17-20H2,1H3. The Morgan fingerprint density at radius 3 is 2.67 bits per heavy atom. The SMILES string of the molecule is C=C(Br)c1ccccc1N(CCCCCC1CCCNC1)COc1ccc(C)cc1. The lowest BCUT2D eigenvalue weighted by Crippen LogP contribution is -2.30. The van der Waals surface area contributed by atoms with Crippen LogP contribution in [0.15, 0.2) is 55.1 Å². The van der Waals surface area contributed by atoms with Crippen LogP contribution in [0.1, 0.15) is 49.7 Å². The Hall–Kier alpha value is -1.78. The van der Waals surface area contributed by atoms with Crippen molar-refractivity contribution in [1.29, 1.82) is 0 Å². The van der Waals surface area contributed by atoms with Gasteiger partial charge in [-0.25, -0.2) is 0 Å². The van der Waals surface area contributed by atoms with Crippen molar-refractivity contribution in [3.8, 4) is 5.75 Å². The summed E-state index contributed by atoms with van der Waals surface area (Å²) < 4.78 is 7.04. The molecule has 1 aliphatic heterocycles. The van der Waals surface area contributed by atoms with Crippen LogP contribution in [-0.2, 0) is 0 Å². The van der Waals surface area contributed by atoms with Gasteiger partial charge in [0.05, 0.1) is 0 Å². The third-order valence-electron chi connectivity index (χ3n) is 5.88. The van der Waals surface area contributed by atoms with Gasteiger partial charge < -0.3 is 15.0 Å². The quantitative estimate of drug-likeness (QED) is 0.289. The molecular formula is C26H35BrN2O. The molecule has 1 aliphatic rings. The normalized spacial score (nSPS) is 16.3. The fourth-order valence-corrected chi connectivity index (χ4v) is 4.44. The second-order valence-electron chi connectivity index (χ2n) is 8.33. The number of unbranched alkanes of at least 4 members (excludes halogenated alkanes) is 2. The van der Waals surface area contributed by atoms with Crippen LogP contribution in [0.4, 0.5) is 5.69 Å². The van der Waals surface area contributed by atoms with E-state index in [4.69, 9.17) is 4.74 Å². The minimum Gasteiger partial charge on any atom is -0.473 e. The lowest BCUT2D eigenvalue weighted by atomic mass is 9.93. The highest BCUT2D eigenvalue weighted by Crippen LogP contribution is 2.30. The summed E-state index contributed by atoms with van der Waals surface area (Å²) in [5.41, 5.74) is 3.54. The number of para-hydroxylation sites is 1. The van der Waals surface area contributed by atoms with Gasteiger partial charge >= 0.3 is 0 Å². The minimum atomic E-state index is 0.535. The van der Waals surface area contributed by atoms with E-state index in [9.17, 15) is 0 Å². The zero-order valence-corrected chi connectivity index (χ0v) is 19.8. The van der Waals surface area contributed by atoms with Crippen molar-refractivity contribution in [2.75, 3.05) is 31.3 Å². The number of rotatable bonds is 11. The van der Waals surface area contributed by atoms with Gasteiger partial charge in [-0.05, 0) is 69.8 Å². The number of hydrogen-bond donors (Lipinski definition) is 1. The van der Waals surface area contributed by atoms with Crippen LogP contribution >= 0.6 is 15.9 Å². The predicted molar refractivity (Wildman–Crippen MR) is 132 cm³/mol. The van der Waals surface area contributed by atoms with E-state index >= 15 is 0 Å². The Bertz CT molecular complexity index is 784. The van der Waals surface area contributed by atoms with E-state index in [0.29, 0.717) is 6.73 Å². The topological polar surface area (TPSA) is 24.5 Å². The minimum absolute atomic E-state index is 0.535. The van der Waals surface area contributed by atoms with E-state index in [-0.39, 0.29) is 0 Å². The van der Waals surface area contributed by atoms with Crippen molar-refractivity contribution in [1.82, 2.24) is 5.32 Å². The van der Waals surface area contributed by atoms with Crippen LogP contribution in [-0.4, -0.2) is 26.4 Å². The molecule has 1 saturated heterocycles. The first-order valence-corrected chi connectivity index (χ1v) is 12.0. The zero-order valence-electron chi connectivity index (χ0n) is 18.2. The molecule has 0 saturated carbocycles. The Labute approximate surface area is 190 Å². The Balaban J connectivity index is 1.57. The van der Waals surface area contributed by atoms with Gasteiger partial charge in [0.15, 0.2) is 6.73 Å². The van der Waals surface area contributed by atoms with Crippen molar-refractivity contribution in [2.24, 2.45) is 5.92 Å². The summed E-state index contributed by atoms with van der Waals surface area (Å²) in [6, 6.07) is 16.7. The van der Waals surface area contributed by atoms with Crippen molar-refractivity contribution >= 4 is 26.1 Å². The molecule has 0 bridgehead atoms. The molecule has 1 unspecified atom stereocenters. The molecule has 30 heavy (non-hydrogen) atoms. The Morgan fingerprint density at radius 1 is 1.13 bits per heavy atom. The van der Waals surface area contributed by atoms with E-state index in [2.05, 4.69) is 76.0 Å². The number of ether oxygens (including phenoxy) is 1. The molecule has 2 aromatic carbocycles. The predicted octanol–water partition coefficient (Wildman–Crippen LogP) is 6.76. The highest BCUT2D eigenvalue weighted by Gasteiger charge is 2.14. The van der Waals surface area contributed by atoms with Gasteiger partial charge in [-0.3, -0.25) is 0 Å². The fourth-order valence-electron chi connectivity index (χ4n) is 4.10. The van der Waals surface area contributed by atoms with Crippen LogP contribution in [0.3, 0.4) is 0 Å². The number of nitrogens with one attached hydrogen (secondary N) is 1. The largest absolute Gasteiger partial charge is 0.473 e. The van der Waals surface area contributed by atoms with Crippen LogP contribution in [0.5, 0.6) is 5.75 Å². The highest BCUT2D eigenvalue weighted by molar-refractivity contribution is 9.15. The monoisotopic (exact) mass is 470 g/mol. The Morgan fingerprint density at radius 2 is 1.93 bits per heavy atom. The average Bonchev–Trinajstić information content (AvgIpc) is 2.77. The maximum Gasteiger partial charge on any atom is 0.161 e. The average molecular weight is 471 g/mol. The van der Waals surface area contributed by atoms with Gasteiger partial charge in [0.25, 0.3) is 0 Å². The van der Waals surface area contributed by atoms with Crippen molar-refractivity contribution in [2.45, 2.75) is 45.4 Å². The molecule has 0 radical (unpaired) electrons. The van der Waals surface area contributed by atoms with Crippen LogP contribution in [0, 0.1) is 12.8 Å². The van der Waals surface area contributed by atoms with Gasteiger partial charge in [-0.2, -0.15) is 0 Å². The first kappa shape index (κ1) is 22.9. The van der Waals surface area contributed by atoms with E-state index in [1.165, 1.54) is 62.9 Å². The van der Waals surface area contributed by atoms with E-state index < -0.39 is 0 Å². The molecule has 0 spiro atoms. The molecule has 1 N–H and O–H groups in total. The van der Waals surface area contributed by atoms with Gasteiger partial charge in [-0.1, -0.05) is 71.2 Å². The molecule has 0 aromatic heterocycles. The van der Waals surface area contributed by atoms with Gasteiger partial charge in [0, 0.05) is 22.3 Å². The zero-order chi connectivity index (χ0) is 21.2. The molecule has 3 nitrogen and oxygen atoms in total. The smallest absolute Gasteiger partial charge is 0.161 e. The molecule has 0 aliphatic carbocycles. The molecule has 1 atom stereocenters. The number of hydrogen-bond acceptors (Lipinski definition) is 3. The van der Waals surface area contributed by atoms with Gasteiger partial charge in [0.1, 0.15) is 5.75 Å². The summed E-state index contributed by atoms with van der Waals surface area (Å²) in [5, 5.41) is 3.53. The molecular weight excluding hydrogens is 436 g/mol. The lowest BCUT2D eigenvalue weighted by molar-refractivity contribution is 0.310. The first-order valence-electron chi connectivity index (χ1n) is 11.2. The van der Waals surface area contributed by atoms with Crippen LogP contribution in [0.25, 0.3) is 4.48 Å². The molecule has 162 valence electrons. The van der Waals surface area contributed by atoms with E-state index in [1.54, 1.807) is 0 Å². The van der Waals surface area contributed by atoms with E-state index in [0.717, 1.165) is 28.3 Å². The van der Waals surface area contributed by atoms with Crippen LogP contribution < -0.4 is 15.0 Å². The molecule has 4 heteroatoms. The van der Waals surface area contributed by atoms with Crippen molar-refractivity contribution < 1.29 is 4.74 Å². The fraction of sp³-hybridized carbons (Fsp3) is 0.462. The third kappa shape index (κ3) is 7.17. The Kier molecular flexibility index (Phi) is 9.28. The lowest BCUT2D eigenvalue weighted by Gasteiger charge is -2.27.